The van der Waals surface area contributed by atoms with Crippen LogP contribution in [0.25, 0.3) is 0 Å². The maximum absolute atomic E-state index is 13.0. The Morgan fingerprint density at radius 2 is 2.18 bits per heavy atom. The maximum atomic E-state index is 13.0. The molecule has 0 aliphatic carbocycles. The van der Waals surface area contributed by atoms with Gasteiger partial charge in [0.25, 0.3) is 0 Å². The van der Waals surface area contributed by atoms with E-state index in [1.807, 2.05) is 0 Å². The highest BCUT2D eigenvalue weighted by molar-refractivity contribution is 6.31. The van der Waals surface area contributed by atoms with Crippen molar-refractivity contribution in [2.75, 3.05) is 0 Å². The molecule has 0 unspecified atom stereocenters. The fourth-order valence-corrected chi connectivity index (χ4v) is 0.992. The average molecular weight is 175 g/mol. The standard InChI is InChI=1S/C8H8ClFO/c1-5-2-3-6(4-11)8(10)7(5)9/h2-3,11H,4H2,1H3. The van der Waals surface area contributed by atoms with Crippen molar-refractivity contribution in [1.82, 2.24) is 0 Å². The van der Waals surface area contributed by atoms with Crippen LogP contribution in [0.2, 0.25) is 5.02 Å². The van der Waals surface area contributed by atoms with E-state index < -0.39 is 5.82 Å². The van der Waals surface area contributed by atoms with Gasteiger partial charge < -0.3 is 5.11 Å². The predicted octanol–water partition coefficient (Wildman–Crippen LogP) is 2.28. The largest absolute Gasteiger partial charge is 0.392 e. The van der Waals surface area contributed by atoms with E-state index >= 15 is 0 Å². The summed E-state index contributed by atoms with van der Waals surface area (Å²) in [5, 5.41) is 8.73. The number of aliphatic hydroxyl groups is 1. The normalized spacial score (nSPS) is 10.2. The Bertz CT molecular complexity index is 273. The molecule has 0 fully saturated rings. The second kappa shape index (κ2) is 3.20. The quantitative estimate of drug-likeness (QED) is 0.693. The van der Waals surface area contributed by atoms with Crippen LogP contribution >= 0.6 is 11.6 Å². The summed E-state index contributed by atoms with van der Waals surface area (Å²) in [4.78, 5) is 0. The molecule has 0 heterocycles. The molecule has 1 rings (SSSR count). The lowest BCUT2D eigenvalue weighted by Gasteiger charge is -2.02. The zero-order valence-electron chi connectivity index (χ0n) is 6.06. The Morgan fingerprint density at radius 1 is 1.55 bits per heavy atom. The molecule has 11 heavy (non-hydrogen) atoms. The van der Waals surface area contributed by atoms with Gasteiger partial charge in [-0.1, -0.05) is 23.7 Å². The lowest BCUT2D eigenvalue weighted by Crippen LogP contribution is -1.91. The SMILES string of the molecule is Cc1ccc(CO)c(F)c1Cl. The van der Waals surface area contributed by atoms with Crippen molar-refractivity contribution in [1.29, 1.82) is 0 Å². The van der Waals surface area contributed by atoms with Crippen molar-refractivity contribution >= 4 is 11.6 Å². The van der Waals surface area contributed by atoms with E-state index in [2.05, 4.69) is 0 Å². The van der Waals surface area contributed by atoms with Gasteiger partial charge in [-0.3, -0.25) is 0 Å². The maximum Gasteiger partial charge on any atom is 0.147 e. The molecule has 0 saturated carbocycles. The Kier molecular flexibility index (Phi) is 2.47. The van der Waals surface area contributed by atoms with Gasteiger partial charge in [-0.15, -0.1) is 0 Å². The van der Waals surface area contributed by atoms with Crippen LogP contribution in [0, 0.1) is 12.7 Å². The van der Waals surface area contributed by atoms with Crippen LogP contribution < -0.4 is 0 Å². The lowest BCUT2D eigenvalue weighted by molar-refractivity contribution is 0.275. The van der Waals surface area contributed by atoms with Crippen molar-refractivity contribution < 1.29 is 9.50 Å². The molecule has 1 aromatic carbocycles. The van der Waals surface area contributed by atoms with Gasteiger partial charge in [-0.2, -0.15) is 0 Å². The third-order valence-electron chi connectivity index (χ3n) is 1.53. The summed E-state index contributed by atoms with van der Waals surface area (Å²) < 4.78 is 13.0. The molecule has 1 N–H and O–H groups in total. The number of halogens is 2. The summed E-state index contributed by atoms with van der Waals surface area (Å²) in [6.45, 7) is 1.40. The van der Waals surface area contributed by atoms with E-state index in [1.165, 1.54) is 6.07 Å². The number of aryl methyl sites for hydroxylation is 1. The summed E-state index contributed by atoms with van der Waals surface area (Å²) in [5.74, 6) is -0.519. The number of hydrogen-bond donors (Lipinski definition) is 1. The van der Waals surface area contributed by atoms with Crippen LogP contribution in [0.5, 0.6) is 0 Å². The van der Waals surface area contributed by atoms with E-state index in [0.29, 0.717) is 5.56 Å². The minimum atomic E-state index is -0.519. The summed E-state index contributed by atoms with van der Waals surface area (Å²) in [6, 6.07) is 3.20. The first kappa shape index (κ1) is 8.50. The zero-order valence-corrected chi connectivity index (χ0v) is 6.82. The predicted molar refractivity (Wildman–Crippen MR) is 42.1 cm³/mol. The molecule has 0 aliphatic heterocycles. The topological polar surface area (TPSA) is 20.2 Å². The van der Waals surface area contributed by atoms with E-state index in [0.717, 1.165) is 0 Å². The molecular formula is C8H8ClFO. The molecule has 0 saturated heterocycles. The van der Waals surface area contributed by atoms with Gasteiger partial charge in [0.15, 0.2) is 0 Å². The second-order valence-corrected chi connectivity index (χ2v) is 2.71. The Hall–Kier alpha value is -0.600. The minimum absolute atomic E-state index is 0.0940. The highest BCUT2D eigenvalue weighted by Crippen LogP contribution is 2.22. The van der Waals surface area contributed by atoms with Gasteiger partial charge in [-0.25, -0.2) is 4.39 Å². The summed E-state index contributed by atoms with van der Waals surface area (Å²) in [6.07, 6.45) is 0. The first-order valence-corrected chi connectivity index (χ1v) is 3.59. The zero-order chi connectivity index (χ0) is 8.43. The molecule has 1 aromatic rings. The Balaban J connectivity index is 3.25. The molecule has 0 radical (unpaired) electrons. The van der Waals surface area contributed by atoms with Gasteiger partial charge in [0.05, 0.1) is 11.6 Å². The molecule has 0 bridgehead atoms. The van der Waals surface area contributed by atoms with Gasteiger partial charge in [0.2, 0.25) is 0 Å². The van der Waals surface area contributed by atoms with Gasteiger partial charge in [0, 0.05) is 5.56 Å². The second-order valence-electron chi connectivity index (χ2n) is 2.33. The summed E-state index contributed by atoms with van der Waals surface area (Å²) in [7, 11) is 0. The van der Waals surface area contributed by atoms with Gasteiger partial charge in [0.1, 0.15) is 5.82 Å². The van der Waals surface area contributed by atoms with Crippen LogP contribution in [0.4, 0.5) is 4.39 Å². The molecule has 0 spiro atoms. The monoisotopic (exact) mass is 174 g/mol. The third-order valence-corrected chi connectivity index (χ3v) is 1.99. The lowest BCUT2D eigenvalue weighted by atomic mass is 10.1. The van der Waals surface area contributed by atoms with Crippen molar-refractivity contribution in [2.45, 2.75) is 13.5 Å². The number of aliphatic hydroxyl groups excluding tert-OH is 1. The first-order chi connectivity index (χ1) is 5.16. The van der Waals surface area contributed by atoms with E-state index in [9.17, 15) is 4.39 Å². The highest BCUT2D eigenvalue weighted by Gasteiger charge is 2.07. The first-order valence-electron chi connectivity index (χ1n) is 3.21. The molecule has 3 heteroatoms. The average Bonchev–Trinajstić information content (AvgIpc) is 2.01. The fraction of sp³-hybridized carbons (Fsp3) is 0.250. The molecule has 0 aromatic heterocycles. The molecule has 0 amide bonds. The van der Waals surface area contributed by atoms with E-state index in [1.54, 1.807) is 13.0 Å². The van der Waals surface area contributed by atoms with Crippen LogP contribution in [0.1, 0.15) is 11.1 Å². The van der Waals surface area contributed by atoms with Crippen LogP contribution in [0.3, 0.4) is 0 Å². The Labute approximate surface area is 69.4 Å². The van der Waals surface area contributed by atoms with Gasteiger partial charge >= 0.3 is 0 Å². The fourth-order valence-electron chi connectivity index (χ4n) is 0.808. The van der Waals surface area contributed by atoms with E-state index in [4.69, 9.17) is 16.7 Å². The van der Waals surface area contributed by atoms with Crippen molar-refractivity contribution in [3.8, 4) is 0 Å². The summed E-state index contributed by atoms with van der Waals surface area (Å²) >= 11 is 5.58. The van der Waals surface area contributed by atoms with Crippen LogP contribution in [-0.2, 0) is 6.61 Å². The van der Waals surface area contributed by atoms with Crippen LogP contribution in [-0.4, -0.2) is 5.11 Å². The highest BCUT2D eigenvalue weighted by atomic mass is 35.5. The van der Waals surface area contributed by atoms with Crippen molar-refractivity contribution in [2.24, 2.45) is 0 Å². The summed E-state index contributed by atoms with van der Waals surface area (Å²) in [5.41, 5.74) is 0.918. The molecule has 1 nitrogen and oxygen atoms in total. The molecule has 0 atom stereocenters. The van der Waals surface area contributed by atoms with Crippen LogP contribution in [0.15, 0.2) is 12.1 Å². The molecule has 60 valence electrons. The molecule has 0 aliphatic rings. The van der Waals surface area contributed by atoms with Gasteiger partial charge in [-0.05, 0) is 12.5 Å². The van der Waals surface area contributed by atoms with Crippen molar-refractivity contribution in [3.05, 3.63) is 34.1 Å². The van der Waals surface area contributed by atoms with E-state index in [-0.39, 0.29) is 17.2 Å². The molecular weight excluding hydrogens is 167 g/mol. The minimum Gasteiger partial charge on any atom is -0.392 e. The smallest absolute Gasteiger partial charge is 0.147 e. The number of rotatable bonds is 1. The third kappa shape index (κ3) is 1.52. The number of benzene rings is 1. The Morgan fingerprint density at radius 3 is 2.73 bits per heavy atom. The number of hydrogen-bond acceptors (Lipinski definition) is 1. The van der Waals surface area contributed by atoms with Crippen molar-refractivity contribution in [3.63, 3.8) is 0 Å².